The van der Waals surface area contributed by atoms with E-state index in [-0.39, 0.29) is 4.47 Å². The molecule has 0 aliphatic rings. The number of carbonyl (C=O) groups is 1. The van der Waals surface area contributed by atoms with Crippen molar-refractivity contribution < 1.29 is 79.4 Å². The molecule has 1 rings (SSSR count). The Morgan fingerprint density at radius 2 is 0.971 bits per heavy atom. The summed E-state index contributed by atoms with van der Waals surface area (Å²) in [6, 6.07) is 3.28. The third-order valence-electron chi connectivity index (χ3n) is 4.09. The van der Waals surface area contributed by atoms with Gasteiger partial charge in [0.2, 0.25) is 0 Å². The average Bonchev–Trinajstić information content (AvgIpc) is 2.66. The van der Waals surface area contributed by atoms with Gasteiger partial charge in [0, 0.05) is 10.2 Å². The van der Waals surface area contributed by atoms with Crippen LogP contribution in [0.2, 0.25) is 0 Å². The number of hydrogen-bond donors (Lipinski definition) is 1. The highest BCUT2D eigenvalue weighted by Crippen LogP contribution is 2.64. The van der Waals surface area contributed by atoms with Crippen LogP contribution in [-0.4, -0.2) is 53.5 Å². The van der Waals surface area contributed by atoms with Gasteiger partial charge in [-0.3, -0.25) is 4.79 Å². The quantitative estimate of drug-likeness (QED) is 0.303. The molecule has 0 atom stereocenters. The van der Waals surface area contributed by atoms with Gasteiger partial charge in [-0.05, 0) is 18.2 Å². The van der Waals surface area contributed by atoms with E-state index in [1.807, 2.05) is 0 Å². The molecule has 1 N–H and O–H groups in total. The van der Waals surface area contributed by atoms with Crippen molar-refractivity contribution in [2.45, 2.75) is 47.6 Å². The van der Waals surface area contributed by atoms with Gasteiger partial charge in [-0.25, -0.2) is 0 Å². The first-order chi connectivity index (χ1) is 15.1. The normalized spacial score (nSPS) is 15.3. The molecule has 1 amide bonds. The Morgan fingerprint density at radius 1 is 0.600 bits per heavy atom. The fourth-order valence-corrected chi connectivity index (χ4v) is 2.48. The van der Waals surface area contributed by atoms with Gasteiger partial charge >= 0.3 is 53.5 Å². The Morgan fingerprint density at radius 3 is 1.34 bits per heavy atom. The zero-order chi connectivity index (χ0) is 28.3. The molecule has 0 radical (unpaired) electrons. The predicted molar refractivity (Wildman–Crippen MR) is 83.5 cm³/mol. The Balaban J connectivity index is 3.58. The molecule has 202 valence electrons. The molecule has 20 heteroatoms. The zero-order valence-electron chi connectivity index (χ0n) is 15.5. The van der Waals surface area contributed by atoms with Crippen LogP contribution in [0.1, 0.15) is 0 Å². The lowest BCUT2D eigenvalue weighted by atomic mass is 9.89. The molecule has 0 bridgehead atoms. The van der Waals surface area contributed by atoms with Gasteiger partial charge in [-0.15, -0.1) is 0 Å². The molecule has 1 aromatic carbocycles. The second-order valence-corrected chi connectivity index (χ2v) is 7.40. The van der Waals surface area contributed by atoms with E-state index in [4.69, 9.17) is 0 Å². The highest BCUT2D eigenvalue weighted by Gasteiger charge is 2.95. The van der Waals surface area contributed by atoms with Crippen LogP contribution >= 0.6 is 15.9 Å². The Bertz CT molecular complexity index is 955. The van der Waals surface area contributed by atoms with Crippen molar-refractivity contribution in [3.63, 3.8) is 0 Å². The SMILES string of the molecule is O=C(Nc1cccc(Br)c1)C(F)(F)C(F)(F)C(F)(F)C(F)(F)C(F)(F)C(F)(F)C(F)(F)C(F)(F)F. The van der Waals surface area contributed by atoms with Gasteiger partial charge in [-0.1, -0.05) is 22.0 Å². The van der Waals surface area contributed by atoms with Crippen LogP contribution < -0.4 is 5.32 Å². The van der Waals surface area contributed by atoms with Crippen molar-refractivity contribution in [1.29, 1.82) is 0 Å². The third kappa shape index (κ3) is 4.38. The fraction of sp³-hybridized carbons (Fsp3) is 0.533. The fourth-order valence-electron chi connectivity index (χ4n) is 2.08. The molecule has 0 fully saturated rings. The first-order valence-electron chi connectivity index (χ1n) is 7.93. The summed E-state index contributed by atoms with van der Waals surface area (Å²) in [5.41, 5.74) is -0.920. The van der Waals surface area contributed by atoms with Gasteiger partial charge in [0.15, 0.2) is 0 Å². The molecule has 0 unspecified atom stereocenters. The zero-order valence-corrected chi connectivity index (χ0v) is 17.1. The van der Waals surface area contributed by atoms with Crippen molar-refractivity contribution >= 4 is 27.5 Å². The van der Waals surface area contributed by atoms with Crippen molar-refractivity contribution in [3.05, 3.63) is 28.7 Å². The molecular formula is C15H5BrF17NO. The summed E-state index contributed by atoms with van der Waals surface area (Å²) in [4.78, 5) is 11.4. The second kappa shape index (κ2) is 8.53. The van der Waals surface area contributed by atoms with Crippen LogP contribution in [0.25, 0.3) is 0 Å². The lowest BCUT2D eigenvalue weighted by Crippen LogP contribution is -2.75. The maximum Gasteiger partial charge on any atom is 0.460 e. The molecule has 0 saturated carbocycles. The summed E-state index contributed by atoms with van der Waals surface area (Å²) >= 11 is 2.67. The Labute approximate surface area is 189 Å². The molecule has 1 aromatic rings. The lowest BCUT2D eigenvalue weighted by Gasteiger charge is -2.42. The summed E-state index contributed by atoms with van der Waals surface area (Å²) < 4.78 is 224. The van der Waals surface area contributed by atoms with Crippen molar-refractivity contribution in [3.8, 4) is 0 Å². The van der Waals surface area contributed by atoms with E-state index in [9.17, 15) is 79.4 Å². The van der Waals surface area contributed by atoms with Gasteiger partial charge in [0.25, 0.3) is 0 Å². The van der Waals surface area contributed by atoms with E-state index in [1.165, 1.54) is 0 Å². The average molecular weight is 618 g/mol. The Kier molecular flexibility index (Phi) is 7.56. The van der Waals surface area contributed by atoms with E-state index in [1.54, 1.807) is 0 Å². The van der Waals surface area contributed by atoms with E-state index in [0.29, 0.717) is 12.1 Å². The highest BCUT2D eigenvalue weighted by atomic mass is 79.9. The number of nitrogens with one attached hydrogen (secondary N) is 1. The monoisotopic (exact) mass is 617 g/mol. The largest absolute Gasteiger partial charge is 0.460 e. The molecule has 35 heavy (non-hydrogen) atoms. The number of amides is 1. The molecule has 0 spiro atoms. The van der Waals surface area contributed by atoms with E-state index in [0.717, 1.165) is 17.4 Å². The van der Waals surface area contributed by atoms with Crippen molar-refractivity contribution in [2.24, 2.45) is 0 Å². The van der Waals surface area contributed by atoms with Crippen LogP contribution in [-0.2, 0) is 4.79 Å². The summed E-state index contributed by atoms with van der Waals surface area (Å²) in [6.45, 7) is 0. The minimum absolute atomic E-state index is 0.0882. The predicted octanol–water partition coefficient (Wildman–Crippen LogP) is 7.40. The summed E-state index contributed by atoms with van der Waals surface area (Å²) in [5.74, 6) is -61.7. The molecule has 0 saturated heterocycles. The molecule has 2 nitrogen and oxygen atoms in total. The van der Waals surface area contributed by atoms with Gasteiger partial charge < -0.3 is 5.32 Å². The van der Waals surface area contributed by atoms with Gasteiger partial charge in [0.05, 0.1) is 0 Å². The van der Waals surface area contributed by atoms with Gasteiger partial charge in [0.1, 0.15) is 0 Å². The van der Waals surface area contributed by atoms with Gasteiger partial charge in [-0.2, -0.15) is 74.6 Å². The smallest absolute Gasteiger partial charge is 0.321 e. The first-order valence-corrected chi connectivity index (χ1v) is 8.72. The molecule has 0 aromatic heterocycles. The van der Waals surface area contributed by atoms with Crippen LogP contribution in [0.5, 0.6) is 0 Å². The third-order valence-corrected chi connectivity index (χ3v) is 4.58. The summed E-state index contributed by atoms with van der Waals surface area (Å²) in [6.07, 6.45) is -7.83. The molecular weight excluding hydrogens is 613 g/mol. The maximum atomic E-state index is 13.8. The van der Waals surface area contributed by atoms with Crippen molar-refractivity contribution in [1.82, 2.24) is 0 Å². The summed E-state index contributed by atoms with van der Waals surface area (Å²) in [7, 11) is 0. The minimum Gasteiger partial charge on any atom is -0.321 e. The number of alkyl halides is 17. The number of hydrogen-bond acceptors (Lipinski definition) is 1. The minimum atomic E-state index is -8.75. The lowest BCUT2D eigenvalue weighted by molar-refractivity contribution is -0.459. The maximum absolute atomic E-state index is 13.8. The number of halogens is 18. The van der Waals surface area contributed by atoms with E-state index < -0.39 is 59.2 Å². The first kappa shape index (κ1) is 31.0. The van der Waals surface area contributed by atoms with Crippen LogP contribution in [0.3, 0.4) is 0 Å². The second-order valence-electron chi connectivity index (χ2n) is 6.48. The number of carbonyl (C=O) groups excluding carboxylic acids is 1. The summed E-state index contributed by atoms with van der Waals surface area (Å²) in [5, 5.41) is 0.784. The standard InChI is InChI=1S/C15H5BrF17NO/c16-5-2-1-3-6(4-5)34-7(35)8(17,18)9(19,20)10(21,22)11(23,24)12(25,26)13(27,28)14(29,30)15(31,32)33/h1-4H,(H,34,35). The highest BCUT2D eigenvalue weighted by molar-refractivity contribution is 9.10. The molecule has 0 aliphatic carbocycles. The number of anilines is 1. The topological polar surface area (TPSA) is 29.1 Å². The van der Waals surface area contributed by atoms with Crippen LogP contribution in [0.15, 0.2) is 28.7 Å². The molecule has 0 heterocycles. The van der Waals surface area contributed by atoms with Crippen LogP contribution in [0.4, 0.5) is 80.3 Å². The molecule has 0 aliphatic heterocycles. The van der Waals surface area contributed by atoms with E-state index in [2.05, 4.69) is 15.9 Å². The van der Waals surface area contributed by atoms with Crippen molar-refractivity contribution in [2.75, 3.05) is 5.32 Å². The number of benzene rings is 1. The van der Waals surface area contributed by atoms with E-state index >= 15 is 0 Å². The van der Waals surface area contributed by atoms with Crippen LogP contribution in [0, 0.1) is 0 Å². The Hall–Kier alpha value is -2.02. The number of rotatable bonds is 8.